The van der Waals surface area contributed by atoms with E-state index in [0.717, 1.165) is 12.3 Å². The maximum atomic E-state index is 5.45. The van der Waals surface area contributed by atoms with Gasteiger partial charge in [-0.05, 0) is 6.92 Å². The molecular formula is C6H12N4. The number of hydrogen-bond acceptors (Lipinski definition) is 4. The van der Waals surface area contributed by atoms with E-state index in [9.17, 15) is 0 Å². The molecule has 10 heavy (non-hydrogen) atoms. The van der Waals surface area contributed by atoms with Crippen LogP contribution in [0.3, 0.4) is 0 Å². The van der Waals surface area contributed by atoms with Crippen molar-refractivity contribution in [1.29, 1.82) is 0 Å². The molecule has 1 aliphatic rings. The molecule has 4 heteroatoms. The van der Waals surface area contributed by atoms with Crippen LogP contribution in [-0.2, 0) is 0 Å². The van der Waals surface area contributed by atoms with Crippen LogP contribution in [0.25, 0.3) is 0 Å². The van der Waals surface area contributed by atoms with Gasteiger partial charge in [-0.3, -0.25) is 0 Å². The van der Waals surface area contributed by atoms with E-state index in [0.29, 0.717) is 5.96 Å². The molecule has 0 fully saturated rings. The first-order valence-corrected chi connectivity index (χ1v) is 3.39. The summed E-state index contributed by atoms with van der Waals surface area (Å²) in [5, 5.41) is 2.88. The van der Waals surface area contributed by atoms with Gasteiger partial charge in [0, 0.05) is 6.42 Å². The van der Waals surface area contributed by atoms with Crippen LogP contribution in [0.4, 0.5) is 0 Å². The quantitative estimate of drug-likeness (QED) is 0.541. The van der Waals surface area contributed by atoms with E-state index in [1.807, 2.05) is 13.8 Å². The lowest BCUT2D eigenvalue weighted by Crippen LogP contribution is -2.41. The zero-order chi connectivity index (χ0) is 7.56. The second kappa shape index (κ2) is 2.68. The summed E-state index contributed by atoms with van der Waals surface area (Å²) in [5.74, 6) is 1.29. The van der Waals surface area contributed by atoms with Crippen molar-refractivity contribution >= 4 is 11.8 Å². The molecule has 4 nitrogen and oxygen atoms in total. The Morgan fingerprint density at radius 3 is 2.90 bits per heavy atom. The van der Waals surface area contributed by atoms with E-state index < -0.39 is 0 Å². The van der Waals surface area contributed by atoms with Gasteiger partial charge in [-0.25, -0.2) is 9.98 Å². The summed E-state index contributed by atoms with van der Waals surface area (Å²) in [5.41, 5.74) is 5.45. The van der Waals surface area contributed by atoms with Crippen LogP contribution >= 0.6 is 0 Å². The molecule has 1 atom stereocenters. The highest BCUT2D eigenvalue weighted by molar-refractivity contribution is 5.96. The molecule has 0 spiro atoms. The van der Waals surface area contributed by atoms with E-state index in [4.69, 9.17) is 5.73 Å². The molecule has 0 aromatic heterocycles. The Morgan fingerprint density at radius 1 is 1.70 bits per heavy atom. The van der Waals surface area contributed by atoms with Gasteiger partial charge in [-0.15, -0.1) is 0 Å². The van der Waals surface area contributed by atoms with Gasteiger partial charge in [0.05, 0.1) is 0 Å². The van der Waals surface area contributed by atoms with Crippen molar-refractivity contribution in [3.8, 4) is 0 Å². The molecule has 1 rings (SSSR count). The highest BCUT2D eigenvalue weighted by atomic mass is 15.2. The number of nitrogens with one attached hydrogen (secondary N) is 1. The van der Waals surface area contributed by atoms with Crippen LogP contribution in [0.15, 0.2) is 9.98 Å². The van der Waals surface area contributed by atoms with Crippen LogP contribution in [0.1, 0.15) is 20.3 Å². The first kappa shape index (κ1) is 7.05. The lowest BCUT2D eigenvalue weighted by molar-refractivity contribution is 0.681. The minimum atomic E-state index is 0.0763. The topological polar surface area (TPSA) is 62.8 Å². The average molecular weight is 140 g/mol. The molecule has 0 amide bonds. The first-order valence-electron chi connectivity index (χ1n) is 3.39. The molecule has 0 aliphatic carbocycles. The number of hydrogen-bond donors (Lipinski definition) is 2. The molecule has 0 aromatic carbocycles. The van der Waals surface area contributed by atoms with E-state index >= 15 is 0 Å². The van der Waals surface area contributed by atoms with Crippen molar-refractivity contribution in [1.82, 2.24) is 5.32 Å². The van der Waals surface area contributed by atoms with Gasteiger partial charge in [0.25, 0.3) is 0 Å². The van der Waals surface area contributed by atoms with Crippen LogP contribution in [0, 0.1) is 0 Å². The number of nitrogens with zero attached hydrogens (tertiary/aromatic N) is 2. The van der Waals surface area contributed by atoms with Gasteiger partial charge in [0.1, 0.15) is 12.0 Å². The fraction of sp³-hybridized carbons (Fsp3) is 0.667. The molecule has 0 radical (unpaired) electrons. The van der Waals surface area contributed by atoms with Crippen LogP contribution in [-0.4, -0.2) is 18.0 Å². The van der Waals surface area contributed by atoms with Crippen LogP contribution in [0.5, 0.6) is 0 Å². The third kappa shape index (κ3) is 1.46. The predicted octanol–water partition coefficient (Wildman–Crippen LogP) is 0.0588. The summed E-state index contributed by atoms with van der Waals surface area (Å²) in [6.45, 7) is 3.95. The smallest absolute Gasteiger partial charge is 0.196 e. The fourth-order valence-corrected chi connectivity index (χ4v) is 0.840. The Kier molecular flexibility index (Phi) is 1.89. The zero-order valence-corrected chi connectivity index (χ0v) is 6.26. The molecule has 1 aliphatic heterocycles. The Balaban J connectivity index is 2.72. The first-order chi connectivity index (χ1) is 4.72. The summed E-state index contributed by atoms with van der Waals surface area (Å²) < 4.78 is 0. The monoisotopic (exact) mass is 140 g/mol. The number of amidine groups is 1. The summed E-state index contributed by atoms with van der Waals surface area (Å²) in [6, 6.07) is 0. The van der Waals surface area contributed by atoms with E-state index in [1.165, 1.54) is 0 Å². The minimum Gasteiger partial charge on any atom is -0.370 e. The standard InChI is InChI=1S/C6H12N4/c1-3-5-8-4(2)9-6(7)10-5/h4H,3H2,1-2H3,(H3,7,8,9,10)/t4-/m1/s1. The van der Waals surface area contributed by atoms with Gasteiger partial charge < -0.3 is 11.1 Å². The molecular weight excluding hydrogens is 128 g/mol. The van der Waals surface area contributed by atoms with Crippen molar-refractivity contribution in [2.45, 2.75) is 26.4 Å². The molecule has 0 aromatic rings. The fourth-order valence-electron chi connectivity index (χ4n) is 0.840. The molecule has 0 bridgehead atoms. The Bertz CT molecular complexity index is 182. The Labute approximate surface area is 60.2 Å². The van der Waals surface area contributed by atoms with Gasteiger partial charge >= 0.3 is 0 Å². The maximum absolute atomic E-state index is 5.45. The lowest BCUT2D eigenvalue weighted by atomic mass is 10.4. The van der Waals surface area contributed by atoms with Crippen LogP contribution in [0.2, 0.25) is 0 Å². The zero-order valence-electron chi connectivity index (χ0n) is 6.26. The molecule has 56 valence electrons. The molecule has 3 N–H and O–H groups in total. The summed E-state index contributed by atoms with van der Waals surface area (Å²) in [7, 11) is 0. The Morgan fingerprint density at radius 2 is 2.40 bits per heavy atom. The number of nitrogens with two attached hydrogens (primary N) is 1. The van der Waals surface area contributed by atoms with Gasteiger partial charge in [0.15, 0.2) is 5.96 Å². The Hall–Kier alpha value is -1.06. The van der Waals surface area contributed by atoms with E-state index in [1.54, 1.807) is 0 Å². The predicted molar refractivity (Wildman–Crippen MR) is 41.9 cm³/mol. The minimum absolute atomic E-state index is 0.0763. The van der Waals surface area contributed by atoms with Crippen molar-refractivity contribution in [3.63, 3.8) is 0 Å². The van der Waals surface area contributed by atoms with Gasteiger partial charge in [-0.2, -0.15) is 0 Å². The lowest BCUT2D eigenvalue weighted by Gasteiger charge is -2.15. The largest absolute Gasteiger partial charge is 0.370 e. The number of aliphatic imine (C=N–C) groups is 2. The van der Waals surface area contributed by atoms with Crippen molar-refractivity contribution in [3.05, 3.63) is 0 Å². The summed E-state index contributed by atoms with van der Waals surface area (Å²) >= 11 is 0. The van der Waals surface area contributed by atoms with Crippen molar-refractivity contribution in [2.24, 2.45) is 15.7 Å². The van der Waals surface area contributed by atoms with Crippen molar-refractivity contribution in [2.75, 3.05) is 0 Å². The molecule has 0 unspecified atom stereocenters. The SMILES string of the molecule is CCC1=N[C@@H](C)NC(N)=N1. The van der Waals surface area contributed by atoms with Gasteiger partial charge in [-0.1, -0.05) is 6.92 Å². The van der Waals surface area contributed by atoms with E-state index in [-0.39, 0.29) is 6.17 Å². The van der Waals surface area contributed by atoms with Gasteiger partial charge in [0.2, 0.25) is 0 Å². The summed E-state index contributed by atoms with van der Waals surface area (Å²) in [6.07, 6.45) is 0.916. The maximum Gasteiger partial charge on any atom is 0.196 e. The highest BCUT2D eigenvalue weighted by Crippen LogP contribution is 1.97. The summed E-state index contributed by atoms with van der Waals surface area (Å²) in [4.78, 5) is 8.17. The number of guanidine groups is 1. The normalized spacial score (nSPS) is 24.8. The molecule has 1 heterocycles. The van der Waals surface area contributed by atoms with E-state index in [2.05, 4.69) is 15.3 Å². The average Bonchev–Trinajstić information content (AvgIpc) is 1.85. The second-order valence-corrected chi connectivity index (χ2v) is 2.22. The second-order valence-electron chi connectivity index (χ2n) is 2.22. The van der Waals surface area contributed by atoms with Crippen molar-refractivity contribution < 1.29 is 0 Å². The van der Waals surface area contributed by atoms with Crippen LogP contribution < -0.4 is 11.1 Å². The third-order valence-electron chi connectivity index (χ3n) is 1.27. The number of rotatable bonds is 1. The highest BCUT2D eigenvalue weighted by Gasteiger charge is 2.07. The molecule has 0 saturated heterocycles. The molecule has 0 saturated carbocycles. The third-order valence-corrected chi connectivity index (χ3v) is 1.27.